The average molecular weight is 343 g/mol. The first-order chi connectivity index (χ1) is 11.3. The number of nitrogens with one attached hydrogen (secondary N) is 1. The van der Waals surface area contributed by atoms with Crippen molar-refractivity contribution in [2.75, 3.05) is 0 Å². The summed E-state index contributed by atoms with van der Waals surface area (Å²) in [6.07, 6.45) is 1.18. The van der Waals surface area contributed by atoms with Crippen LogP contribution >= 0.6 is 11.3 Å². The maximum atomic E-state index is 12.1. The van der Waals surface area contributed by atoms with E-state index in [9.17, 15) is 9.59 Å². The molecule has 0 radical (unpaired) electrons. The van der Waals surface area contributed by atoms with Crippen LogP contribution in [0.2, 0.25) is 0 Å². The summed E-state index contributed by atoms with van der Waals surface area (Å²) in [4.78, 5) is 24.1. The van der Waals surface area contributed by atoms with Gasteiger partial charge in [0.05, 0.1) is 11.3 Å². The van der Waals surface area contributed by atoms with E-state index in [4.69, 9.17) is 4.74 Å². The van der Waals surface area contributed by atoms with E-state index in [0.717, 1.165) is 23.3 Å². The summed E-state index contributed by atoms with van der Waals surface area (Å²) in [5, 5.41) is 4.80. The molecule has 0 unspecified atom stereocenters. The third-order valence-electron chi connectivity index (χ3n) is 3.98. The topological polar surface area (TPSA) is 55.4 Å². The third kappa shape index (κ3) is 3.85. The summed E-state index contributed by atoms with van der Waals surface area (Å²) in [5.74, 6) is 0.931. The summed E-state index contributed by atoms with van der Waals surface area (Å²) >= 11 is 1.38. The van der Waals surface area contributed by atoms with Gasteiger partial charge in [-0.15, -0.1) is 11.3 Å². The molecule has 4 nitrogen and oxygen atoms in total. The van der Waals surface area contributed by atoms with Crippen molar-refractivity contribution in [1.82, 2.24) is 5.32 Å². The summed E-state index contributed by atoms with van der Waals surface area (Å²) < 4.78 is 5.86. The lowest BCUT2D eigenvalue weighted by Gasteiger charge is -2.16. The van der Waals surface area contributed by atoms with Crippen LogP contribution in [0.4, 0.5) is 0 Å². The predicted octanol–water partition coefficient (Wildman–Crippen LogP) is 3.52. The van der Waals surface area contributed by atoms with Crippen LogP contribution in [-0.4, -0.2) is 17.3 Å². The molecule has 0 fully saturated rings. The Hall–Kier alpha value is -2.14. The number of hydrogen-bond donors (Lipinski definition) is 1. The standard InChI is InChI=1S/C19H21NO3S/c1-12(21)17-7-14(11-24-17)8-18(22)20-10-13-4-5-16-15(6-13)9-19(2,3)23-16/h4-7,11H,8-10H2,1-3H3,(H,20,22). The van der Waals surface area contributed by atoms with E-state index in [1.165, 1.54) is 23.8 Å². The van der Waals surface area contributed by atoms with Gasteiger partial charge in [-0.1, -0.05) is 12.1 Å². The summed E-state index contributed by atoms with van der Waals surface area (Å²) in [6.45, 7) is 6.18. The number of thiophene rings is 1. The zero-order chi connectivity index (χ0) is 17.3. The van der Waals surface area contributed by atoms with Crippen LogP contribution in [0.15, 0.2) is 29.6 Å². The van der Waals surface area contributed by atoms with Gasteiger partial charge in [-0.25, -0.2) is 0 Å². The van der Waals surface area contributed by atoms with Crippen molar-refractivity contribution >= 4 is 23.0 Å². The number of ether oxygens (including phenoxy) is 1. The number of amides is 1. The Labute approximate surface area is 145 Å². The molecule has 1 amide bonds. The number of carbonyl (C=O) groups excluding carboxylic acids is 2. The van der Waals surface area contributed by atoms with Gasteiger partial charge in [0.2, 0.25) is 5.91 Å². The van der Waals surface area contributed by atoms with E-state index in [1.807, 2.05) is 17.5 Å². The fourth-order valence-corrected chi connectivity index (χ4v) is 3.69. The van der Waals surface area contributed by atoms with Gasteiger partial charge >= 0.3 is 0 Å². The SMILES string of the molecule is CC(=O)c1cc(CC(=O)NCc2ccc3c(c2)CC(C)(C)O3)cs1. The highest BCUT2D eigenvalue weighted by Crippen LogP contribution is 2.35. The highest BCUT2D eigenvalue weighted by atomic mass is 32.1. The molecule has 0 spiro atoms. The molecular weight excluding hydrogens is 322 g/mol. The second-order valence-corrected chi connectivity index (χ2v) is 7.72. The molecule has 1 aliphatic heterocycles. The second-order valence-electron chi connectivity index (χ2n) is 6.81. The predicted molar refractivity (Wildman–Crippen MR) is 94.7 cm³/mol. The molecule has 1 aromatic heterocycles. The Morgan fingerprint density at radius 2 is 2.04 bits per heavy atom. The van der Waals surface area contributed by atoms with Crippen LogP contribution in [0.3, 0.4) is 0 Å². The van der Waals surface area contributed by atoms with Crippen molar-refractivity contribution in [1.29, 1.82) is 0 Å². The lowest BCUT2D eigenvalue weighted by Crippen LogP contribution is -2.24. The molecule has 1 aliphatic rings. The average Bonchev–Trinajstić information content (AvgIpc) is 3.07. The number of Topliss-reactive ketones (excluding diaryl/α,β-unsaturated/α-hetero) is 1. The number of fused-ring (bicyclic) bond motifs is 1. The van der Waals surface area contributed by atoms with Crippen molar-refractivity contribution in [2.45, 2.75) is 45.8 Å². The minimum atomic E-state index is -0.155. The lowest BCUT2D eigenvalue weighted by atomic mass is 10.0. The Morgan fingerprint density at radius 3 is 2.75 bits per heavy atom. The van der Waals surface area contributed by atoms with Crippen LogP contribution in [0.25, 0.3) is 0 Å². The van der Waals surface area contributed by atoms with Crippen molar-refractivity contribution in [3.05, 3.63) is 51.2 Å². The molecule has 2 aromatic rings. The molecular formula is C19H21NO3S. The minimum absolute atomic E-state index is 0.0370. The van der Waals surface area contributed by atoms with Crippen LogP contribution in [0.5, 0.6) is 5.75 Å². The Bertz CT molecular complexity index is 792. The number of ketones is 1. The minimum Gasteiger partial charge on any atom is -0.487 e. The summed E-state index contributed by atoms with van der Waals surface area (Å²) in [5.41, 5.74) is 2.98. The molecule has 0 atom stereocenters. The first kappa shape index (κ1) is 16.7. The van der Waals surface area contributed by atoms with Crippen LogP contribution < -0.4 is 10.1 Å². The van der Waals surface area contributed by atoms with Crippen molar-refractivity contribution < 1.29 is 14.3 Å². The number of hydrogen-bond acceptors (Lipinski definition) is 4. The van der Waals surface area contributed by atoms with E-state index in [2.05, 4.69) is 25.2 Å². The number of rotatable bonds is 5. The molecule has 0 saturated carbocycles. The van der Waals surface area contributed by atoms with E-state index < -0.39 is 0 Å². The van der Waals surface area contributed by atoms with Crippen molar-refractivity contribution in [3.63, 3.8) is 0 Å². The van der Waals surface area contributed by atoms with Crippen molar-refractivity contribution in [2.24, 2.45) is 0 Å². The smallest absolute Gasteiger partial charge is 0.224 e. The van der Waals surface area contributed by atoms with Gasteiger partial charge in [0, 0.05) is 13.0 Å². The molecule has 0 saturated heterocycles. The molecule has 1 aromatic carbocycles. The van der Waals surface area contributed by atoms with Crippen LogP contribution in [0, 0.1) is 0 Å². The zero-order valence-electron chi connectivity index (χ0n) is 14.1. The molecule has 24 heavy (non-hydrogen) atoms. The monoisotopic (exact) mass is 343 g/mol. The first-order valence-corrected chi connectivity index (χ1v) is 8.86. The Balaban J connectivity index is 1.56. The Morgan fingerprint density at radius 1 is 1.25 bits per heavy atom. The first-order valence-electron chi connectivity index (χ1n) is 7.98. The fraction of sp³-hybridized carbons (Fsp3) is 0.368. The van der Waals surface area contributed by atoms with E-state index >= 15 is 0 Å². The van der Waals surface area contributed by atoms with E-state index in [0.29, 0.717) is 17.8 Å². The van der Waals surface area contributed by atoms with Gasteiger partial charge in [-0.3, -0.25) is 9.59 Å². The molecule has 0 aliphatic carbocycles. The second kappa shape index (κ2) is 6.40. The lowest BCUT2D eigenvalue weighted by molar-refractivity contribution is -0.120. The van der Waals surface area contributed by atoms with Crippen LogP contribution in [-0.2, 0) is 24.2 Å². The highest BCUT2D eigenvalue weighted by Gasteiger charge is 2.29. The maximum absolute atomic E-state index is 12.1. The van der Waals surface area contributed by atoms with Gasteiger partial charge in [0.25, 0.3) is 0 Å². The van der Waals surface area contributed by atoms with Gasteiger partial charge in [0.15, 0.2) is 5.78 Å². The van der Waals surface area contributed by atoms with Gasteiger partial charge in [-0.05, 0) is 55.0 Å². The van der Waals surface area contributed by atoms with Gasteiger partial charge < -0.3 is 10.1 Å². The zero-order valence-corrected chi connectivity index (χ0v) is 15.0. The molecule has 5 heteroatoms. The summed E-state index contributed by atoms with van der Waals surface area (Å²) in [6, 6.07) is 7.85. The van der Waals surface area contributed by atoms with Gasteiger partial charge in [0.1, 0.15) is 11.4 Å². The number of carbonyl (C=O) groups is 2. The molecule has 0 bridgehead atoms. The van der Waals surface area contributed by atoms with E-state index in [1.54, 1.807) is 6.07 Å². The molecule has 126 valence electrons. The Kier molecular flexibility index (Phi) is 4.45. The normalized spacial score (nSPS) is 14.8. The summed E-state index contributed by atoms with van der Waals surface area (Å²) in [7, 11) is 0. The largest absolute Gasteiger partial charge is 0.487 e. The molecule has 1 N–H and O–H groups in total. The van der Waals surface area contributed by atoms with Crippen LogP contribution in [0.1, 0.15) is 47.1 Å². The van der Waals surface area contributed by atoms with Gasteiger partial charge in [-0.2, -0.15) is 0 Å². The molecule has 3 rings (SSSR count). The fourth-order valence-electron chi connectivity index (χ4n) is 2.87. The quantitative estimate of drug-likeness (QED) is 0.845. The van der Waals surface area contributed by atoms with Crippen molar-refractivity contribution in [3.8, 4) is 5.75 Å². The molecule has 2 heterocycles. The third-order valence-corrected chi connectivity index (χ3v) is 5.06. The highest BCUT2D eigenvalue weighted by molar-refractivity contribution is 7.12. The van der Waals surface area contributed by atoms with E-state index in [-0.39, 0.29) is 17.3 Å². The number of benzene rings is 1. The maximum Gasteiger partial charge on any atom is 0.224 e.